The van der Waals surface area contributed by atoms with Crippen molar-refractivity contribution < 1.29 is 24.1 Å². The van der Waals surface area contributed by atoms with Crippen molar-refractivity contribution in [2.75, 3.05) is 6.61 Å². The van der Waals surface area contributed by atoms with Gasteiger partial charge in [-0.15, -0.1) is 0 Å². The Morgan fingerprint density at radius 2 is 2.00 bits per heavy atom. The molecule has 0 radical (unpaired) electrons. The first-order chi connectivity index (χ1) is 13.2. The van der Waals surface area contributed by atoms with Crippen LogP contribution in [0.4, 0.5) is 0 Å². The second kappa shape index (κ2) is 8.03. The van der Waals surface area contributed by atoms with Gasteiger partial charge in [0.05, 0.1) is 6.42 Å². The third-order valence-corrected chi connectivity index (χ3v) is 5.16. The van der Waals surface area contributed by atoms with Gasteiger partial charge < -0.3 is 4.74 Å². The molecule has 1 saturated heterocycles. The van der Waals surface area contributed by atoms with Gasteiger partial charge in [0.15, 0.2) is 5.78 Å². The number of rotatable bonds is 5. The van der Waals surface area contributed by atoms with Crippen molar-refractivity contribution >= 4 is 22.5 Å². The smallest absolute Gasteiger partial charge is 0.346 e. The highest BCUT2D eigenvalue weighted by Gasteiger charge is 2.31. The van der Waals surface area contributed by atoms with Gasteiger partial charge in [-0.3, -0.25) is 9.68 Å². The maximum Gasteiger partial charge on any atom is 0.346 e. The highest BCUT2D eigenvalue weighted by atomic mass is 17.2. The number of allylic oxidation sites excluding steroid dienone is 1. The molecule has 5 nitrogen and oxygen atoms in total. The van der Waals surface area contributed by atoms with E-state index in [2.05, 4.69) is 30.3 Å². The van der Waals surface area contributed by atoms with E-state index in [0.29, 0.717) is 25.0 Å². The summed E-state index contributed by atoms with van der Waals surface area (Å²) in [6.45, 7) is 0.565. The van der Waals surface area contributed by atoms with E-state index in [0.717, 1.165) is 23.8 Å². The number of carbonyl (C=O) groups excluding carboxylic acids is 2. The Kier molecular flexibility index (Phi) is 5.32. The maximum atomic E-state index is 12.0. The van der Waals surface area contributed by atoms with Crippen LogP contribution < -0.4 is 0 Å². The van der Waals surface area contributed by atoms with E-state index >= 15 is 0 Å². The summed E-state index contributed by atoms with van der Waals surface area (Å²) in [4.78, 5) is 34.0. The lowest BCUT2D eigenvalue weighted by molar-refractivity contribution is -0.363. The van der Waals surface area contributed by atoms with E-state index in [1.54, 1.807) is 6.08 Å². The SMILES string of the molecule is O=C(CC1=CCCC1=O)OOC1OCCC[C@@H]1c1ccc2ccccc2c1. The fourth-order valence-corrected chi connectivity index (χ4v) is 3.72. The molecule has 0 aromatic heterocycles. The molecule has 1 aliphatic heterocycles. The predicted octanol–water partition coefficient (Wildman–Crippen LogP) is 4.21. The summed E-state index contributed by atoms with van der Waals surface area (Å²) in [5.74, 6) is -0.568. The number of benzene rings is 2. The summed E-state index contributed by atoms with van der Waals surface area (Å²) in [7, 11) is 0. The molecule has 1 unspecified atom stereocenters. The molecule has 2 atom stereocenters. The van der Waals surface area contributed by atoms with Crippen molar-refractivity contribution in [3.63, 3.8) is 0 Å². The highest BCUT2D eigenvalue weighted by molar-refractivity contribution is 6.01. The summed E-state index contributed by atoms with van der Waals surface area (Å²) in [6, 6.07) is 14.5. The normalized spacial score (nSPS) is 22.7. The van der Waals surface area contributed by atoms with Crippen LogP contribution >= 0.6 is 0 Å². The van der Waals surface area contributed by atoms with Gasteiger partial charge in [0.1, 0.15) is 0 Å². The minimum atomic E-state index is -0.642. The van der Waals surface area contributed by atoms with Gasteiger partial charge in [0.25, 0.3) is 0 Å². The number of carbonyl (C=O) groups is 2. The molecule has 0 saturated carbocycles. The zero-order valence-electron chi connectivity index (χ0n) is 15.1. The lowest BCUT2D eigenvalue weighted by atomic mass is 9.90. The molecule has 2 aliphatic rings. The van der Waals surface area contributed by atoms with Crippen LogP contribution in [0, 0.1) is 0 Å². The fourth-order valence-electron chi connectivity index (χ4n) is 3.72. The Morgan fingerprint density at radius 3 is 2.81 bits per heavy atom. The topological polar surface area (TPSA) is 61.8 Å². The lowest BCUT2D eigenvalue weighted by Crippen LogP contribution is -2.31. The number of Topliss-reactive ketones (excluding diaryl/α,β-unsaturated/α-hetero) is 1. The standard InChI is InChI=1S/C22H22O5/c23-20-9-3-7-18(20)14-21(24)26-27-22-19(8-4-12-25-22)17-11-10-15-5-1-2-6-16(15)13-17/h1-2,5-7,10-11,13,19,22H,3-4,8-9,12,14H2/t19-,22?/m1/s1. The average molecular weight is 366 g/mol. The Labute approximate surface area is 157 Å². The molecular weight excluding hydrogens is 344 g/mol. The Bertz CT molecular complexity index is 885. The van der Waals surface area contributed by atoms with E-state index in [1.165, 1.54) is 5.39 Å². The van der Waals surface area contributed by atoms with E-state index < -0.39 is 12.3 Å². The molecule has 1 aliphatic carbocycles. The van der Waals surface area contributed by atoms with Crippen LogP contribution in [0.25, 0.3) is 10.8 Å². The minimum Gasteiger partial charge on any atom is -0.348 e. The number of ether oxygens (including phenoxy) is 1. The van der Waals surface area contributed by atoms with Crippen LogP contribution in [-0.4, -0.2) is 24.6 Å². The van der Waals surface area contributed by atoms with Gasteiger partial charge in [-0.05, 0) is 35.6 Å². The minimum absolute atomic E-state index is 0.00917. The van der Waals surface area contributed by atoms with Gasteiger partial charge >= 0.3 is 5.97 Å². The van der Waals surface area contributed by atoms with Crippen LogP contribution in [0.5, 0.6) is 0 Å². The van der Waals surface area contributed by atoms with Crippen molar-refractivity contribution in [3.05, 3.63) is 59.7 Å². The van der Waals surface area contributed by atoms with Crippen LogP contribution in [0.2, 0.25) is 0 Å². The van der Waals surface area contributed by atoms with Gasteiger partial charge in [-0.25, -0.2) is 4.79 Å². The third-order valence-electron chi connectivity index (χ3n) is 5.16. The second-order valence-electron chi connectivity index (χ2n) is 7.01. The van der Waals surface area contributed by atoms with E-state index in [1.807, 2.05) is 12.1 Å². The first-order valence-corrected chi connectivity index (χ1v) is 9.39. The van der Waals surface area contributed by atoms with Crippen molar-refractivity contribution in [3.8, 4) is 0 Å². The summed E-state index contributed by atoms with van der Waals surface area (Å²) >= 11 is 0. The van der Waals surface area contributed by atoms with Crippen molar-refractivity contribution in [1.29, 1.82) is 0 Å². The molecule has 0 spiro atoms. The molecule has 140 valence electrons. The molecule has 0 N–H and O–H groups in total. The van der Waals surface area contributed by atoms with Crippen molar-refractivity contribution in [2.24, 2.45) is 0 Å². The highest BCUT2D eigenvalue weighted by Crippen LogP contribution is 2.33. The third kappa shape index (κ3) is 4.10. The zero-order chi connectivity index (χ0) is 18.6. The molecule has 2 aromatic carbocycles. The van der Waals surface area contributed by atoms with E-state index in [-0.39, 0.29) is 18.1 Å². The molecule has 0 amide bonds. The van der Waals surface area contributed by atoms with Gasteiger partial charge in [-0.2, -0.15) is 4.89 Å². The Balaban J connectivity index is 1.42. The van der Waals surface area contributed by atoms with E-state index in [9.17, 15) is 9.59 Å². The molecule has 5 heteroatoms. The second-order valence-corrected chi connectivity index (χ2v) is 7.01. The largest absolute Gasteiger partial charge is 0.348 e. The average Bonchev–Trinajstić information content (AvgIpc) is 3.10. The fraction of sp³-hybridized carbons (Fsp3) is 0.364. The first kappa shape index (κ1) is 17.9. The first-order valence-electron chi connectivity index (χ1n) is 9.39. The lowest BCUT2D eigenvalue weighted by Gasteiger charge is -2.30. The van der Waals surface area contributed by atoms with Crippen LogP contribution in [0.15, 0.2) is 54.1 Å². The Morgan fingerprint density at radius 1 is 1.15 bits per heavy atom. The molecular formula is C22H22O5. The molecule has 4 rings (SSSR count). The number of hydrogen-bond donors (Lipinski definition) is 0. The Hall–Kier alpha value is -2.50. The monoisotopic (exact) mass is 366 g/mol. The summed E-state index contributed by atoms with van der Waals surface area (Å²) in [5, 5.41) is 2.33. The summed E-state index contributed by atoms with van der Waals surface area (Å²) in [5.41, 5.74) is 1.61. The van der Waals surface area contributed by atoms with Crippen LogP contribution in [0.1, 0.15) is 43.6 Å². The van der Waals surface area contributed by atoms with Crippen molar-refractivity contribution in [2.45, 2.75) is 44.3 Å². The summed E-state index contributed by atoms with van der Waals surface area (Å²) < 4.78 is 5.72. The predicted molar refractivity (Wildman–Crippen MR) is 99.8 cm³/mol. The number of fused-ring (bicyclic) bond motifs is 1. The van der Waals surface area contributed by atoms with Crippen LogP contribution in [-0.2, 0) is 24.1 Å². The molecule has 1 heterocycles. The molecule has 0 bridgehead atoms. The van der Waals surface area contributed by atoms with E-state index in [4.69, 9.17) is 14.5 Å². The molecule has 1 fully saturated rings. The maximum absolute atomic E-state index is 12.0. The van der Waals surface area contributed by atoms with Gasteiger partial charge in [0.2, 0.25) is 6.29 Å². The van der Waals surface area contributed by atoms with Crippen molar-refractivity contribution in [1.82, 2.24) is 0 Å². The van der Waals surface area contributed by atoms with Gasteiger partial charge in [0, 0.05) is 24.5 Å². The van der Waals surface area contributed by atoms with Gasteiger partial charge in [-0.1, -0.05) is 48.5 Å². The summed E-state index contributed by atoms with van der Waals surface area (Å²) in [6.07, 6.45) is 4.08. The number of hydrogen-bond acceptors (Lipinski definition) is 5. The van der Waals surface area contributed by atoms with Crippen LogP contribution in [0.3, 0.4) is 0 Å². The molecule has 27 heavy (non-hydrogen) atoms. The number of ketones is 1. The molecule has 2 aromatic rings. The quantitative estimate of drug-likeness (QED) is 0.586. The zero-order valence-corrected chi connectivity index (χ0v) is 15.1.